The fourth-order valence-corrected chi connectivity index (χ4v) is 2.32. The predicted octanol–water partition coefficient (Wildman–Crippen LogP) is 2.94. The molecule has 0 unspecified atom stereocenters. The average molecular weight is 277 g/mol. The lowest BCUT2D eigenvalue weighted by Crippen LogP contribution is -2.31. The lowest BCUT2D eigenvalue weighted by atomic mass is 9.99. The summed E-state index contributed by atoms with van der Waals surface area (Å²) < 4.78 is 0. The molecule has 0 amide bonds. The SMILES string of the molecule is Cc1ccc2c(c1)CCCN2CCCN.Cl.Cl. The highest BCUT2D eigenvalue weighted by Crippen LogP contribution is 2.27. The van der Waals surface area contributed by atoms with E-state index in [9.17, 15) is 0 Å². The minimum Gasteiger partial charge on any atom is -0.371 e. The Bertz CT molecular complexity index is 342. The largest absolute Gasteiger partial charge is 0.371 e. The lowest BCUT2D eigenvalue weighted by Gasteiger charge is -2.31. The van der Waals surface area contributed by atoms with Crippen molar-refractivity contribution in [3.05, 3.63) is 29.3 Å². The molecule has 0 saturated carbocycles. The monoisotopic (exact) mass is 276 g/mol. The van der Waals surface area contributed by atoms with Crippen molar-refractivity contribution in [3.8, 4) is 0 Å². The first-order chi connectivity index (χ1) is 7.31. The standard InChI is InChI=1S/C13H20N2.2ClH/c1-11-5-6-13-12(10-11)4-2-8-15(13)9-3-7-14;;/h5-6,10H,2-4,7-9,14H2,1H3;2*1H. The van der Waals surface area contributed by atoms with E-state index in [1.165, 1.54) is 36.2 Å². The smallest absolute Gasteiger partial charge is 0.0398 e. The molecule has 0 aromatic heterocycles. The van der Waals surface area contributed by atoms with Gasteiger partial charge in [0.25, 0.3) is 0 Å². The lowest BCUT2D eigenvalue weighted by molar-refractivity contribution is 0.668. The van der Waals surface area contributed by atoms with E-state index in [0.29, 0.717) is 0 Å². The Labute approximate surface area is 116 Å². The molecule has 1 aliphatic heterocycles. The van der Waals surface area contributed by atoms with Gasteiger partial charge in [0.1, 0.15) is 0 Å². The zero-order valence-corrected chi connectivity index (χ0v) is 11.9. The second-order valence-corrected chi connectivity index (χ2v) is 4.36. The molecule has 1 aromatic rings. The van der Waals surface area contributed by atoms with E-state index in [0.717, 1.165) is 19.5 Å². The zero-order valence-electron chi connectivity index (χ0n) is 10.3. The normalized spacial score (nSPS) is 13.4. The van der Waals surface area contributed by atoms with Crippen LogP contribution in [0.25, 0.3) is 0 Å². The number of hydrogen-bond acceptors (Lipinski definition) is 2. The summed E-state index contributed by atoms with van der Waals surface area (Å²) >= 11 is 0. The third-order valence-electron chi connectivity index (χ3n) is 3.08. The summed E-state index contributed by atoms with van der Waals surface area (Å²) in [7, 11) is 0. The Kier molecular flexibility index (Phi) is 7.60. The third kappa shape index (κ3) is 4.06. The molecule has 0 fully saturated rings. The van der Waals surface area contributed by atoms with Crippen LogP contribution in [0.4, 0.5) is 5.69 Å². The second-order valence-electron chi connectivity index (χ2n) is 4.36. The van der Waals surface area contributed by atoms with Gasteiger partial charge in [-0.1, -0.05) is 17.7 Å². The first-order valence-electron chi connectivity index (χ1n) is 5.86. The predicted molar refractivity (Wildman–Crippen MR) is 79.9 cm³/mol. The highest BCUT2D eigenvalue weighted by Gasteiger charge is 2.15. The molecule has 0 radical (unpaired) electrons. The van der Waals surface area contributed by atoms with Gasteiger partial charge in [-0.2, -0.15) is 0 Å². The molecule has 2 nitrogen and oxygen atoms in total. The van der Waals surface area contributed by atoms with Gasteiger partial charge in [-0.05, 0) is 44.4 Å². The van der Waals surface area contributed by atoms with Gasteiger partial charge in [0.15, 0.2) is 0 Å². The van der Waals surface area contributed by atoms with Crippen molar-refractivity contribution >= 4 is 30.5 Å². The number of fused-ring (bicyclic) bond motifs is 1. The summed E-state index contributed by atoms with van der Waals surface area (Å²) in [4.78, 5) is 2.48. The van der Waals surface area contributed by atoms with E-state index in [1.54, 1.807) is 0 Å². The molecular weight excluding hydrogens is 255 g/mol. The van der Waals surface area contributed by atoms with Crippen LogP contribution in [0.2, 0.25) is 0 Å². The van der Waals surface area contributed by atoms with Crippen LogP contribution in [0.15, 0.2) is 18.2 Å². The van der Waals surface area contributed by atoms with Gasteiger partial charge in [-0.25, -0.2) is 0 Å². The van der Waals surface area contributed by atoms with Crippen LogP contribution in [-0.2, 0) is 6.42 Å². The average Bonchev–Trinajstić information content (AvgIpc) is 2.25. The number of benzene rings is 1. The molecule has 1 aromatic carbocycles. The van der Waals surface area contributed by atoms with Gasteiger partial charge in [-0.15, -0.1) is 24.8 Å². The molecule has 0 saturated heterocycles. The van der Waals surface area contributed by atoms with Gasteiger partial charge < -0.3 is 10.6 Å². The van der Waals surface area contributed by atoms with E-state index in [4.69, 9.17) is 5.73 Å². The third-order valence-corrected chi connectivity index (χ3v) is 3.08. The Balaban J connectivity index is 0.00000128. The van der Waals surface area contributed by atoms with Gasteiger partial charge in [0.05, 0.1) is 0 Å². The fraction of sp³-hybridized carbons (Fsp3) is 0.538. The van der Waals surface area contributed by atoms with Crippen molar-refractivity contribution in [2.75, 3.05) is 24.5 Å². The van der Waals surface area contributed by atoms with Gasteiger partial charge in [-0.3, -0.25) is 0 Å². The maximum Gasteiger partial charge on any atom is 0.0398 e. The van der Waals surface area contributed by atoms with Gasteiger partial charge in [0, 0.05) is 18.8 Å². The summed E-state index contributed by atoms with van der Waals surface area (Å²) in [6.07, 6.45) is 3.60. The maximum absolute atomic E-state index is 5.56. The molecule has 98 valence electrons. The van der Waals surface area contributed by atoms with E-state index < -0.39 is 0 Å². The fourth-order valence-electron chi connectivity index (χ4n) is 2.32. The minimum absolute atomic E-state index is 0. The first kappa shape index (κ1) is 16.6. The summed E-state index contributed by atoms with van der Waals surface area (Å²) in [5.74, 6) is 0. The zero-order chi connectivity index (χ0) is 10.7. The summed E-state index contributed by atoms with van der Waals surface area (Å²) in [5.41, 5.74) is 9.88. The summed E-state index contributed by atoms with van der Waals surface area (Å²) in [5, 5.41) is 0. The number of halogens is 2. The van der Waals surface area contributed by atoms with Crippen LogP contribution in [0.3, 0.4) is 0 Å². The van der Waals surface area contributed by atoms with Crippen LogP contribution in [0.1, 0.15) is 24.0 Å². The maximum atomic E-state index is 5.56. The number of hydrogen-bond donors (Lipinski definition) is 1. The molecule has 1 heterocycles. The van der Waals surface area contributed by atoms with Gasteiger partial charge >= 0.3 is 0 Å². The number of anilines is 1. The van der Waals surface area contributed by atoms with E-state index in [1.807, 2.05) is 0 Å². The Morgan fingerprint density at radius 2 is 2.06 bits per heavy atom. The van der Waals surface area contributed by atoms with Crippen molar-refractivity contribution in [2.45, 2.75) is 26.2 Å². The van der Waals surface area contributed by atoms with Crippen LogP contribution >= 0.6 is 24.8 Å². The molecule has 0 aliphatic carbocycles. The van der Waals surface area contributed by atoms with Crippen LogP contribution < -0.4 is 10.6 Å². The molecule has 2 rings (SSSR count). The topological polar surface area (TPSA) is 29.3 Å². The molecule has 2 N–H and O–H groups in total. The molecule has 0 spiro atoms. The molecule has 4 heteroatoms. The van der Waals surface area contributed by atoms with E-state index in [2.05, 4.69) is 30.0 Å². The summed E-state index contributed by atoms with van der Waals surface area (Å²) in [6, 6.07) is 6.80. The summed E-state index contributed by atoms with van der Waals surface area (Å²) in [6.45, 7) is 5.25. The molecule has 1 aliphatic rings. The number of nitrogens with two attached hydrogens (primary N) is 1. The van der Waals surface area contributed by atoms with Gasteiger partial charge in [0.2, 0.25) is 0 Å². The van der Waals surface area contributed by atoms with Crippen molar-refractivity contribution in [1.29, 1.82) is 0 Å². The van der Waals surface area contributed by atoms with Crippen LogP contribution in [0.5, 0.6) is 0 Å². The molecule has 17 heavy (non-hydrogen) atoms. The van der Waals surface area contributed by atoms with Crippen molar-refractivity contribution in [2.24, 2.45) is 5.73 Å². The van der Waals surface area contributed by atoms with E-state index >= 15 is 0 Å². The highest BCUT2D eigenvalue weighted by atomic mass is 35.5. The highest BCUT2D eigenvalue weighted by molar-refractivity contribution is 5.85. The van der Waals surface area contributed by atoms with Crippen LogP contribution in [0, 0.1) is 6.92 Å². The minimum atomic E-state index is 0. The number of rotatable bonds is 3. The molecular formula is C13H22Cl2N2. The van der Waals surface area contributed by atoms with Crippen molar-refractivity contribution in [1.82, 2.24) is 0 Å². The number of nitrogens with zero attached hydrogens (tertiary/aromatic N) is 1. The van der Waals surface area contributed by atoms with E-state index in [-0.39, 0.29) is 24.8 Å². The first-order valence-corrected chi connectivity index (χ1v) is 5.86. The van der Waals surface area contributed by atoms with Crippen molar-refractivity contribution in [3.63, 3.8) is 0 Å². The van der Waals surface area contributed by atoms with Crippen molar-refractivity contribution < 1.29 is 0 Å². The second kappa shape index (κ2) is 7.80. The molecule has 0 atom stereocenters. The Morgan fingerprint density at radius 3 is 2.76 bits per heavy atom. The van der Waals surface area contributed by atoms with Crippen LogP contribution in [-0.4, -0.2) is 19.6 Å². The Morgan fingerprint density at radius 1 is 1.29 bits per heavy atom. The Hall–Kier alpha value is -0.440. The molecule has 0 bridgehead atoms. The quantitative estimate of drug-likeness (QED) is 0.920. The number of aryl methyl sites for hydroxylation is 2.